The van der Waals surface area contributed by atoms with Gasteiger partial charge in [-0.1, -0.05) is 54.6 Å². The fourth-order valence-corrected chi connectivity index (χ4v) is 3.25. The maximum Gasteiger partial charge on any atom is 0.412 e. The maximum atomic E-state index is 12.6. The van der Waals surface area contributed by atoms with E-state index in [1.54, 1.807) is 57.2 Å². The molecule has 0 fully saturated rings. The lowest BCUT2D eigenvalue weighted by Gasteiger charge is -2.20. The fourth-order valence-electron chi connectivity index (χ4n) is 3.25. The summed E-state index contributed by atoms with van der Waals surface area (Å²) in [6.07, 6.45) is -0.463. The molecule has 0 aliphatic rings. The van der Waals surface area contributed by atoms with Crippen molar-refractivity contribution < 1.29 is 19.1 Å². The van der Waals surface area contributed by atoms with E-state index in [-0.39, 0.29) is 12.3 Å². The van der Waals surface area contributed by atoms with Gasteiger partial charge in [0, 0.05) is 5.56 Å². The highest BCUT2D eigenvalue weighted by molar-refractivity contribution is 6.00. The first-order valence-electron chi connectivity index (χ1n) is 10.5. The molecule has 170 valence electrons. The highest BCUT2D eigenvalue weighted by Crippen LogP contribution is 2.25. The van der Waals surface area contributed by atoms with Gasteiger partial charge in [-0.15, -0.1) is 0 Å². The Morgan fingerprint density at radius 1 is 0.818 bits per heavy atom. The number of ether oxygens (including phenoxy) is 1. The Kier molecular flexibility index (Phi) is 7.13. The van der Waals surface area contributed by atoms with Crippen molar-refractivity contribution in [2.24, 2.45) is 5.73 Å². The predicted octanol–water partition coefficient (Wildman–Crippen LogP) is 4.98. The number of benzene rings is 3. The molecule has 3 rings (SSSR count). The fraction of sp³-hybridized carbons (Fsp3) is 0.192. The molecular weight excluding hydrogens is 418 g/mol. The second-order valence-corrected chi connectivity index (χ2v) is 8.50. The average molecular weight is 446 g/mol. The minimum atomic E-state index is -0.633. The van der Waals surface area contributed by atoms with Crippen LogP contribution in [0.25, 0.3) is 11.1 Å². The van der Waals surface area contributed by atoms with E-state index in [1.165, 1.54) is 0 Å². The summed E-state index contributed by atoms with van der Waals surface area (Å²) in [6.45, 7) is 5.33. The van der Waals surface area contributed by atoms with Crippen LogP contribution in [-0.4, -0.2) is 23.5 Å². The molecule has 0 bridgehead atoms. The number of hydrogen-bond acceptors (Lipinski definition) is 4. The van der Waals surface area contributed by atoms with Gasteiger partial charge in [-0.25, -0.2) is 4.79 Å². The van der Waals surface area contributed by atoms with Gasteiger partial charge in [-0.3, -0.25) is 14.9 Å². The Labute approximate surface area is 193 Å². The lowest BCUT2D eigenvalue weighted by Crippen LogP contribution is -2.27. The first-order valence-corrected chi connectivity index (χ1v) is 10.5. The SMILES string of the molecule is CC(C)(C)OC(=O)Nc1ccccc1NC(=O)Cc1ccc(-c2ccccc2C(N)=O)cc1. The van der Waals surface area contributed by atoms with Gasteiger partial charge in [0.25, 0.3) is 0 Å². The van der Waals surface area contributed by atoms with Gasteiger partial charge in [-0.2, -0.15) is 0 Å². The molecular formula is C26H27N3O4. The summed E-state index contributed by atoms with van der Waals surface area (Å²) < 4.78 is 5.28. The lowest BCUT2D eigenvalue weighted by molar-refractivity contribution is -0.115. The number of hydrogen-bond donors (Lipinski definition) is 3. The number of nitrogens with two attached hydrogens (primary N) is 1. The van der Waals surface area contributed by atoms with E-state index in [9.17, 15) is 14.4 Å². The number of nitrogens with one attached hydrogen (secondary N) is 2. The number of primary amides is 1. The molecule has 3 aromatic carbocycles. The molecule has 0 heterocycles. The van der Waals surface area contributed by atoms with Gasteiger partial charge in [0.05, 0.1) is 17.8 Å². The molecule has 3 aromatic rings. The number of carbonyl (C=O) groups is 3. The summed E-state index contributed by atoms with van der Waals surface area (Å²) >= 11 is 0. The molecule has 0 atom stereocenters. The van der Waals surface area contributed by atoms with Crippen LogP contribution < -0.4 is 16.4 Å². The standard InChI is InChI=1S/C26H27N3O4/c1-26(2,3)33-25(32)29-22-11-7-6-10-21(22)28-23(30)16-17-12-14-18(15-13-17)19-8-4-5-9-20(19)24(27)31/h4-15H,16H2,1-3H3,(H2,27,31)(H,28,30)(H,29,32). The molecule has 0 radical (unpaired) electrons. The third-order valence-electron chi connectivity index (χ3n) is 4.66. The van der Waals surface area contributed by atoms with E-state index in [0.717, 1.165) is 16.7 Å². The largest absolute Gasteiger partial charge is 0.444 e. The first kappa shape index (κ1) is 23.5. The third-order valence-corrected chi connectivity index (χ3v) is 4.66. The Bertz CT molecular complexity index is 1160. The number of para-hydroxylation sites is 2. The van der Waals surface area contributed by atoms with Gasteiger partial charge in [0.1, 0.15) is 5.60 Å². The Morgan fingerprint density at radius 2 is 1.39 bits per heavy atom. The van der Waals surface area contributed by atoms with Crippen LogP contribution in [0.4, 0.5) is 16.2 Å². The molecule has 0 aliphatic carbocycles. The van der Waals surface area contributed by atoms with Crippen molar-refractivity contribution >= 4 is 29.3 Å². The van der Waals surface area contributed by atoms with E-state index in [0.29, 0.717) is 16.9 Å². The van der Waals surface area contributed by atoms with E-state index in [1.807, 2.05) is 36.4 Å². The van der Waals surface area contributed by atoms with Crippen LogP contribution in [0, 0.1) is 0 Å². The van der Waals surface area contributed by atoms with Crippen molar-refractivity contribution in [3.63, 3.8) is 0 Å². The Hall–Kier alpha value is -4.13. The van der Waals surface area contributed by atoms with Gasteiger partial charge >= 0.3 is 6.09 Å². The zero-order valence-corrected chi connectivity index (χ0v) is 18.8. The minimum absolute atomic E-state index is 0.137. The van der Waals surface area contributed by atoms with E-state index in [4.69, 9.17) is 10.5 Å². The monoisotopic (exact) mass is 445 g/mol. The van der Waals surface area contributed by atoms with Crippen LogP contribution in [0.15, 0.2) is 72.8 Å². The average Bonchev–Trinajstić information content (AvgIpc) is 2.74. The normalized spacial score (nSPS) is 10.9. The molecule has 3 amide bonds. The molecule has 4 N–H and O–H groups in total. The summed E-state index contributed by atoms with van der Waals surface area (Å²) in [7, 11) is 0. The van der Waals surface area contributed by atoms with E-state index < -0.39 is 17.6 Å². The molecule has 0 unspecified atom stereocenters. The van der Waals surface area contributed by atoms with E-state index in [2.05, 4.69) is 10.6 Å². The number of anilines is 2. The molecule has 7 nitrogen and oxygen atoms in total. The van der Waals surface area contributed by atoms with Crippen molar-refractivity contribution in [1.29, 1.82) is 0 Å². The zero-order chi connectivity index (χ0) is 24.0. The minimum Gasteiger partial charge on any atom is -0.444 e. The van der Waals surface area contributed by atoms with Gasteiger partial charge in [-0.05, 0) is 55.7 Å². The lowest BCUT2D eigenvalue weighted by atomic mass is 9.98. The second kappa shape index (κ2) is 9.99. The third kappa shape index (κ3) is 6.67. The van der Waals surface area contributed by atoms with Crippen LogP contribution in [0.2, 0.25) is 0 Å². The Balaban J connectivity index is 1.68. The Morgan fingerprint density at radius 3 is 2.00 bits per heavy atom. The topological polar surface area (TPSA) is 111 Å². The van der Waals surface area contributed by atoms with Gasteiger partial charge in [0.2, 0.25) is 11.8 Å². The van der Waals surface area contributed by atoms with Crippen molar-refractivity contribution in [3.8, 4) is 11.1 Å². The zero-order valence-electron chi connectivity index (χ0n) is 18.8. The molecule has 0 aliphatic heterocycles. The van der Waals surface area contributed by atoms with Crippen molar-refractivity contribution in [1.82, 2.24) is 0 Å². The van der Waals surface area contributed by atoms with Crippen LogP contribution in [-0.2, 0) is 16.0 Å². The van der Waals surface area contributed by atoms with Gasteiger partial charge < -0.3 is 15.8 Å². The highest BCUT2D eigenvalue weighted by Gasteiger charge is 2.17. The molecule has 0 aromatic heterocycles. The van der Waals surface area contributed by atoms with Crippen LogP contribution in [0.5, 0.6) is 0 Å². The summed E-state index contributed by atoms with van der Waals surface area (Å²) in [5.74, 6) is -0.730. The molecule has 7 heteroatoms. The van der Waals surface area contributed by atoms with Crippen LogP contribution in [0.1, 0.15) is 36.7 Å². The van der Waals surface area contributed by atoms with E-state index >= 15 is 0 Å². The number of rotatable bonds is 6. The predicted molar refractivity (Wildman–Crippen MR) is 129 cm³/mol. The summed E-state index contributed by atoms with van der Waals surface area (Å²) in [4.78, 5) is 36.4. The van der Waals surface area contributed by atoms with Gasteiger partial charge in [0.15, 0.2) is 0 Å². The van der Waals surface area contributed by atoms with Crippen molar-refractivity contribution in [2.45, 2.75) is 32.8 Å². The first-order chi connectivity index (χ1) is 15.6. The number of amides is 3. The summed E-state index contributed by atoms with van der Waals surface area (Å²) in [5, 5.41) is 5.49. The van der Waals surface area contributed by atoms with Crippen molar-refractivity contribution in [2.75, 3.05) is 10.6 Å². The smallest absolute Gasteiger partial charge is 0.412 e. The van der Waals surface area contributed by atoms with Crippen LogP contribution in [0.3, 0.4) is 0 Å². The summed E-state index contributed by atoms with van der Waals surface area (Å²) in [5.41, 5.74) is 8.56. The highest BCUT2D eigenvalue weighted by atomic mass is 16.6. The van der Waals surface area contributed by atoms with Crippen LogP contribution >= 0.6 is 0 Å². The maximum absolute atomic E-state index is 12.6. The summed E-state index contributed by atoms with van der Waals surface area (Å²) in [6, 6.07) is 21.4. The van der Waals surface area contributed by atoms with Crippen molar-refractivity contribution in [3.05, 3.63) is 83.9 Å². The molecule has 0 saturated heterocycles. The molecule has 33 heavy (non-hydrogen) atoms. The number of carbonyl (C=O) groups excluding carboxylic acids is 3. The quantitative estimate of drug-likeness (QED) is 0.497. The second-order valence-electron chi connectivity index (χ2n) is 8.50. The molecule has 0 spiro atoms. The molecule has 0 saturated carbocycles.